The predicted molar refractivity (Wildman–Crippen MR) is 326 cm³/mol. The smallest absolute Gasteiger partial charge is 0.425 e. The summed E-state index contributed by atoms with van der Waals surface area (Å²) in [6.07, 6.45) is -21.3. The molecule has 101 heavy (non-hydrogen) atoms. The summed E-state index contributed by atoms with van der Waals surface area (Å²) in [7, 11) is 0. The van der Waals surface area contributed by atoms with E-state index in [9.17, 15) is 149 Å². The summed E-state index contributed by atoms with van der Waals surface area (Å²) in [5.74, 6) is -42.9. The highest BCUT2D eigenvalue weighted by Gasteiger charge is 2.58. The molecule has 3 aliphatic carbocycles. The lowest BCUT2D eigenvalue weighted by molar-refractivity contribution is -0.314. The SMILES string of the molecule is CC(=O)C1C2CCC(C2)C1C(=O)[O-].CCc1c(O)cc2c(c1C(=O)O)OCCN2.Cc1c(O)c(O)c(C(O)C(OC(=O)C2=C(O)C(C(=O)O)C(O)C(C(C(=O)Oc3c(N)c(O)c(C(=O)OC(=O)C(=O)O)c4c3OC(O)C(C(=O)O)=C4O)C(O)C(O)C(O)OC=O)C2O)C(=O)O)c(O)c1S.[CH3+].[CH3+]. The van der Waals surface area contributed by atoms with Crippen LogP contribution in [0, 0.1) is 63.2 Å². The maximum Gasteiger partial charge on any atom is 0.425 e. The topological polar surface area (TPSA) is 706 Å². The minimum atomic E-state index is -3.27. The number of carboxylic acids is 6. The highest BCUT2D eigenvalue weighted by atomic mass is 32.1. The number of aromatic carboxylic acids is 1. The minimum Gasteiger partial charge on any atom is -0.550 e. The second kappa shape index (κ2) is 32.6. The van der Waals surface area contributed by atoms with E-state index in [2.05, 4.69) is 27.4 Å². The molecule has 15 unspecified atom stereocenters. The molecule has 8 rings (SSSR count). The fourth-order valence-electron chi connectivity index (χ4n) is 12.2. The zero-order valence-electron chi connectivity index (χ0n) is 52.8. The number of phenols is 5. The van der Waals surface area contributed by atoms with Gasteiger partial charge in [-0.3, -0.25) is 19.2 Å². The molecular weight excluding hydrogens is 1390 g/mol. The predicted octanol–water partition coefficient (Wildman–Crippen LogP) is -2.80. The van der Waals surface area contributed by atoms with Gasteiger partial charge in [0.1, 0.15) is 81.5 Å². The highest BCUT2D eigenvalue weighted by molar-refractivity contribution is 7.80. The molecule has 2 aliphatic heterocycles. The summed E-state index contributed by atoms with van der Waals surface area (Å²) in [4.78, 5) is 145. The molecule has 41 heteroatoms. The Kier molecular flexibility index (Phi) is 26.6. The van der Waals surface area contributed by atoms with Gasteiger partial charge in [0.05, 0.1) is 45.9 Å². The molecule has 15 atom stereocenters. The van der Waals surface area contributed by atoms with Crippen LogP contribution in [0.4, 0.5) is 11.4 Å². The number of aromatic hydroxyl groups is 5. The van der Waals surface area contributed by atoms with E-state index in [-0.39, 0.29) is 49.3 Å². The molecule has 2 bridgehead atoms. The summed E-state index contributed by atoms with van der Waals surface area (Å²) in [6.45, 7) is 4.84. The molecule has 40 nitrogen and oxygen atoms in total. The van der Waals surface area contributed by atoms with Gasteiger partial charge in [-0.1, -0.05) is 6.92 Å². The molecule has 550 valence electrons. The van der Waals surface area contributed by atoms with Crippen LogP contribution in [0.2, 0.25) is 0 Å². The normalized spacial score (nSPS) is 22.3. The number of phenolic OH excluding ortho intramolecular Hbond substituents is 5. The van der Waals surface area contributed by atoms with Crippen molar-refractivity contribution in [2.24, 2.45) is 41.4 Å². The molecule has 0 spiro atoms. The lowest BCUT2D eigenvalue weighted by Gasteiger charge is -2.42. The Morgan fingerprint density at radius 3 is 1.89 bits per heavy atom. The number of ether oxygens (including phenoxy) is 6. The van der Waals surface area contributed by atoms with E-state index in [4.69, 9.17) is 34.9 Å². The van der Waals surface area contributed by atoms with Crippen LogP contribution in [0.5, 0.6) is 46.0 Å². The van der Waals surface area contributed by atoms with Crippen LogP contribution in [-0.4, -0.2) is 225 Å². The molecule has 22 N–H and O–H groups in total. The Morgan fingerprint density at radius 2 is 1.39 bits per heavy atom. The minimum absolute atomic E-state index is 0. The average molecular weight is 1460 g/mol. The number of hydrogen-bond donors (Lipinski definition) is 22. The molecule has 0 saturated heterocycles. The maximum absolute atomic E-state index is 14.4. The molecule has 2 fully saturated rings. The van der Waals surface area contributed by atoms with Crippen molar-refractivity contribution in [1.82, 2.24) is 0 Å². The second-order valence-electron chi connectivity index (χ2n) is 22.3. The molecule has 3 aromatic rings. The Hall–Kier alpha value is -11.2. The first-order chi connectivity index (χ1) is 46.1. The molecule has 2 saturated carbocycles. The Bertz CT molecular complexity index is 3860. The number of carboxylic acid groups (broad SMARTS) is 6. The van der Waals surface area contributed by atoms with Gasteiger partial charge < -0.3 is 146 Å². The van der Waals surface area contributed by atoms with Gasteiger partial charge in [-0.2, -0.15) is 0 Å². The number of ketones is 1. The van der Waals surface area contributed by atoms with Gasteiger partial charge in [0, 0.05) is 62.3 Å². The van der Waals surface area contributed by atoms with E-state index in [0.717, 1.165) is 26.2 Å². The fraction of sp³-hybridized carbons (Fsp3) is 0.400. The lowest BCUT2D eigenvalue weighted by atomic mass is 9.68. The van der Waals surface area contributed by atoms with Gasteiger partial charge in [-0.05, 0) is 51.4 Å². The Labute approximate surface area is 571 Å². The number of hydrogen-bond acceptors (Lipinski definition) is 36. The third kappa shape index (κ3) is 15.8. The highest BCUT2D eigenvalue weighted by Crippen LogP contribution is 2.55. The number of esters is 4. The number of benzene rings is 3. The summed E-state index contributed by atoms with van der Waals surface area (Å²) < 4.78 is 28.2. The van der Waals surface area contributed by atoms with Crippen molar-refractivity contribution in [3.63, 3.8) is 0 Å². The number of anilines is 2. The third-order valence-electron chi connectivity index (χ3n) is 16.7. The molecule has 0 aromatic heterocycles. The number of thiol groups is 1. The van der Waals surface area contributed by atoms with Crippen molar-refractivity contribution in [2.45, 2.75) is 101 Å². The van der Waals surface area contributed by atoms with E-state index < -0.39 is 223 Å². The molecule has 0 radical (unpaired) electrons. The first-order valence-electron chi connectivity index (χ1n) is 28.5. The van der Waals surface area contributed by atoms with E-state index in [1.54, 1.807) is 6.92 Å². The van der Waals surface area contributed by atoms with E-state index in [1.807, 2.05) is 0 Å². The van der Waals surface area contributed by atoms with Crippen LogP contribution < -0.4 is 30.4 Å². The van der Waals surface area contributed by atoms with E-state index in [1.165, 1.54) is 13.0 Å². The monoisotopic (exact) mass is 1460 g/mol. The van der Waals surface area contributed by atoms with Gasteiger partial charge >= 0.3 is 53.7 Å². The van der Waals surface area contributed by atoms with Crippen LogP contribution in [0.15, 0.2) is 27.9 Å². The van der Waals surface area contributed by atoms with Crippen LogP contribution >= 0.6 is 12.6 Å². The Morgan fingerprint density at radius 1 is 0.792 bits per heavy atom. The zero-order chi connectivity index (χ0) is 74.7. The molecule has 3 aromatic carbocycles. The number of carbonyl (C=O) groups is 12. The lowest BCUT2D eigenvalue weighted by Crippen LogP contribution is -2.58. The Balaban J connectivity index is 0.000000564. The van der Waals surface area contributed by atoms with Crippen molar-refractivity contribution >= 4 is 102 Å². The number of aliphatic carboxylic acids is 5. The maximum atomic E-state index is 14.4. The van der Waals surface area contributed by atoms with Crippen molar-refractivity contribution in [3.05, 3.63) is 71.2 Å². The van der Waals surface area contributed by atoms with Gasteiger partial charge in [0.2, 0.25) is 18.7 Å². The third-order valence-corrected chi connectivity index (χ3v) is 17.3. The quantitative estimate of drug-likeness (QED) is 0.00442. The van der Waals surface area contributed by atoms with Gasteiger partial charge in [0.15, 0.2) is 34.5 Å². The van der Waals surface area contributed by atoms with Gasteiger partial charge in [-0.15, -0.1) is 12.6 Å². The molecule has 2 heterocycles. The summed E-state index contributed by atoms with van der Waals surface area (Å²) in [5.41, 5.74) is -3.07. The first kappa shape index (κ1) is 82.2. The summed E-state index contributed by atoms with van der Waals surface area (Å²) in [6, 6.07) is 1.51. The molecule has 0 amide bonds. The number of fused-ring (bicyclic) bond motifs is 4. The van der Waals surface area contributed by atoms with Gasteiger partial charge in [-0.25, -0.2) is 33.6 Å². The van der Waals surface area contributed by atoms with Crippen molar-refractivity contribution in [3.8, 4) is 46.0 Å². The largest absolute Gasteiger partial charge is 0.550 e. The summed E-state index contributed by atoms with van der Waals surface area (Å²) >= 11 is 3.86. The van der Waals surface area contributed by atoms with Gasteiger partial charge in [0.25, 0.3) is 6.47 Å². The number of aliphatic hydroxyl groups is 9. The number of aliphatic hydroxyl groups excluding tert-OH is 9. The van der Waals surface area contributed by atoms with E-state index >= 15 is 0 Å². The first-order valence-corrected chi connectivity index (χ1v) is 28.9. The van der Waals surface area contributed by atoms with Crippen LogP contribution in [0.25, 0.3) is 5.76 Å². The zero-order valence-corrected chi connectivity index (χ0v) is 53.7. The number of rotatable bonds is 20. The van der Waals surface area contributed by atoms with Crippen molar-refractivity contribution in [2.75, 3.05) is 24.2 Å². The number of Topliss-reactive ketones (excluding diaryl/α,β-unsaturated/α-hetero) is 1. The molecular formula is C60H67N2O38S+. The average Bonchev–Trinajstić information content (AvgIpc) is 1.49. The van der Waals surface area contributed by atoms with E-state index in [0.29, 0.717) is 42.5 Å². The summed E-state index contributed by atoms with van der Waals surface area (Å²) in [5, 5.41) is 212. The number of nitrogen functional groups attached to an aromatic ring is 1. The van der Waals surface area contributed by atoms with Crippen LogP contribution in [0.3, 0.4) is 0 Å². The molecule has 5 aliphatic rings. The second-order valence-corrected chi connectivity index (χ2v) is 22.7. The number of nitrogens with two attached hydrogens (primary N) is 1. The van der Waals surface area contributed by atoms with Crippen molar-refractivity contribution < 1.29 is 188 Å². The van der Waals surface area contributed by atoms with Crippen molar-refractivity contribution in [1.29, 1.82) is 0 Å². The number of nitrogens with one attached hydrogen (secondary N) is 1. The fourth-order valence-corrected chi connectivity index (χ4v) is 12.4. The number of carbonyl (C=O) groups excluding carboxylic acids is 7. The standard InChI is InChI=1S/C37H35NO31S.C11H13NO4.C10H14O3.2CH3/c1-3-13(40)20(47)8(22(49)27(3)70)21(48)26(30(55)56)68-34(61)10-15(42)4(14(41)9(17(10)44)28(51)52)6(19(46)23(50)36(63)65-2-39)32(59)67-25-12(38)18(45)7(33(60)69-37(64)31(57)58)5-16(43)11(29(53)54)35(62)66-24(5)25;1-2-6-8(13)5-7-10(9(6)11(14)15)16-4-3-12-7;1-5(11)8-6-2-3-7(4-6)9(8)10(12)13;;/h2,4,6,9,14-15,19,21,23,26,35-36,40-50,62-63,70H,38H2,1H3,(H,51,52)(H,53,54)(H,55,56)(H,57,58);5,12-13H,2-4H2,1H3,(H,14,15);6-9H,2-4H2,1H3,(H,12,13);2*1H3/q;;;2*+1/p-1. The van der Waals surface area contributed by atoms with Crippen LogP contribution in [-0.2, 0) is 68.6 Å². The van der Waals surface area contributed by atoms with Crippen LogP contribution in [0.1, 0.15) is 82.2 Å².